The first kappa shape index (κ1) is 18.1. The minimum atomic E-state index is 0.676. The molecule has 2 aromatic heterocycles. The lowest BCUT2D eigenvalue weighted by molar-refractivity contribution is 0.833. The molecular formula is C25H21N5. The van der Waals surface area contributed by atoms with Crippen LogP contribution in [-0.4, -0.2) is 24.5 Å². The van der Waals surface area contributed by atoms with E-state index in [0.29, 0.717) is 5.82 Å². The highest BCUT2D eigenvalue weighted by Crippen LogP contribution is 2.30. The van der Waals surface area contributed by atoms with Crippen LogP contribution in [0.2, 0.25) is 0 Å². The zero-order chi connectivity index (χ0) is 20.5. The number of aryl methyl sites for hydroxylation is 1. The van der Waals surface area contributed by atoms with E-state index >= 15 is 0 Å². The van der Waals surface area contributed by atoms with Crippen LogP contribution in [0.15, 0.2) is 91.0 Å². The molecule has 0 bridgehead atoms. The van der Waals surface area contributed by atoms with Gasteiger partial charge in [0.15, 0.2) is 11.6 Å². The van der Waals surface area contributed by atoms with Crippen molar-refractivity contribution in [3.63, 3.8) is 0 Å². The Hall–Kier alpha value is -3.99. The van der Waals surface area contributed by atoms with Gasteiger partial charge in [0.2, 0.25) is 0 Å². The smallest absolute Gasteiger partial charge is 0.185 e. The van der Waals surface area contributed by atoms with Gasteiger partial charge in [-0.1, -0.05) is 66.7 Å². The molecule has 0 saturated heterocycles. The highest BCUT2D eigenvalue weighted by Gasteiger charge is 2.21. The maximum absolute atomic E-state index is 4.95. The third kappa shape index (κ3) is 3.10. The second kappa shape index (κ2) is 7.44. The molecule has 0 aliphatic heterocycles. The predicted octanol–water partition coefficient (Wildman–Crippen LogP) is 5.40. The van der Waals surface area contributed by atoms with Crippen LogP contribution in [0.5, 0.6) is 0 Å². The number of benzene rings is 3. The molecule has 0 saturated carbocycles. The Morgan fingerprint density at radius 3 is 1.73 bits per heavy atom. The molecular weight excluding hydrogens is 370 g/mol. The molecule has 30 heavy (non-hydrogen) atoms. The van der Waals surface area contributed by atoms with Crippen molar-refractivity contribution in [3.8, 4) is 34.2 Å². The monoisotopic (exact) mass is 391 g/mol. The Morgan fingerprint density at radius 1 is 0.600 bits per heavy atom. The first-order valence-electron chi connectivity index (χ1n) is 9.92. The van der Waals surface area contributed by atoms with Gasteiger partial charge in [-0.25, -0.2) is 14.3 Å². The maximum Gasteiger partial charge on any atom is 0.185 e. The van der Waals surface area contributed by atoms with Gasteiger partial charge >= 0.3 is 0 Å². The van der Waals surface area contributed by atoms with Crippen LogP contribution in [0.4, 0.5) is 0 Å². The van der Waals surface area contributed by atoms with Gasteiger partial charge < -0.3 is 0 Å². The quantitative estimate of drug-likeness (QED) is 0.412. The molecule has 0 spiro atoms. The van der Waals surface area contributed by atoms with E-state index in [4.69, 9.17) is 15.2 Å². The summed E-state index contributed by atoms with van der Waals surface area (Å²) in [6, 6.07) is 30.4. The molecule has 0 aliphatic rings. The Labute approximate surface area is 175 Å². The number of rotatable bonds is 4. The molecule has 5 aromatic rings. The molecule has 0 N–H and O–H groups in total. The van der Waals surface area contributed by atoms with Crippen molar-refractivity contribution < 1.29 is 0 Å². The van der Waals surface area contributed by atoms with E-state index in [0.717, 1.165) is 39.7 Å². The summed E-state index contributed by atoms with van der Waals surface area (Å²) in [6.07, 6.45) is 0. The first-order chi connectivity index (χ1) is 14.7. The van der Waals surface area contributed by atoms with E-state index in [9.17, 15) is 0 Å². The van der Waals surface area contributed by atoms with Gasteiger partial charge in [-0.15, -0.1) is 5.10 Å². The topological polar surface area (TPSA) is 48.5 Å². The summed E-state index contributed by atoms with van der Waals surface area (Å²) in [7, 11) is 0. The van der Waals surface area contributed by atoms with Crippen molar-refractivity contribution in [2.24, 2.45) is 0 Å². The van der Waals surface area contributed by atoms with Gasteiger partial charge in [0, 0.05) is 5.56 Å². The Balaban J connectivity index is 1.70. The molecule has 0 radical (unpaired) electrons. The molecule has 0 fully saturated rings. The van der Waals surface area contributed by atoms with Gasteiger partial charge in [-0.05, 0) is 38.1 Å². The normalized spacial score (nSPS) is 11.0. The molecule has 3 aromatic carbocycles. The summed E-state index contributed by atoms with van der Waals surface area (Å²) in [5.74, 6) is 1.48. The highest BCUT2D eigenvalue weighted by molar-refractivity contribution is 5.67. The average Bonchev–Trinajstić information content (AvgIpc) is 3.36. The van der Waals surface area contributed by atoms with Crippen LogP contribution in [0.1, 0.15) is 11.4 Å². The summed E-state index contributed by atoms with van der Waals surface area (Å²) >= 11 is 0. The molecule has 146 valence electrons. The lowest BCUT2D eigenvalue weighted by Crippen LogP contribution is -1.99. The maximum atomic E-state index is 4.95. The Bertz CT molecular complexity index is 1230. The van der Waals surface area contributed by atoms with E-state index in [1.807, 2.05) is 83.0 Å². The summed E-state index contributed by atoms with van der Waals surface area (Å²) in [5.41, 5.74) is 5.90. The molecule has 0 amide bonds. The lowest BCUT2D eigenvalue weighted by Gasteiger charge is -2.05. The second-order valence-corrected chi connectivity index (χ2v) is 7.17. The van der Waals surface area contributed by atoms with E-state index in [-0.39, 0.29) is 0 Å². The molecule has 0 atom stereocenters. The van der Waals surface area contributed by atoms with E-state index in [1.54, 1.807) is 0 Å². The highest BCUT2D eigenvalue weighted by atomic mass is 15.4. The predicted molar refractivity (Wildman–Crippen MR) is 119 cm³/mol. The minimum absolute atomic E-state index is 0.676. The van der Waals surface area contributed by atoms with Crippen molar-refractivity contribution in [1.29, 1.82) is 0 Å². The summed E-state index contributed by atoms with van der Waals surface area (Å²) in [4.78, 5) is 4.95. The Kier molecular flexibility index (Phi) is 4.48. The Morgan fingerprint density at radius 2 is 1.13 bits per heavy atom. The van der Waals surface area contributed by atoms with Gasteiger partial charge in [-0.3, -0.25) is 0 Å². The molecule has 0 unspecified atom stereocenters. The number of hydrogen-bond donors (Lipinski definition) is 0. The van der Waals surface area contributed by atoms with Crippen LogP contribution >= 0.6 is 0 Å². The SMILES string of the molecule is Cc1nn(-c2ccccc2)c(C)c1-c1nc(-c2ccccc2)n(-c2ccccc2)n1. The van der Waals surface area contributed by atoms with Gasteiger partial charge in [0.05, 0.1) is 28.3 Å². The fourth-order valence-corrected chi connectivity index (χ4v) is 3.73. The van der Waals surface area contributed by atoms with Crippen molar-refractivity contribution in [2.45, 2.75) is 13.8 Å². The number of para-hydroxylation sites is 2. The van der Waals surface area contributed by atoms with Gasteiger partial charge in [0.1, 0.15) is 0 Å². The lowest BCUT2D eigenvalue weighted by atomic mass is 10.2. The molecule has 5 rings (SSSR count). The van der Waals surface area contributed by atoms with Crippen molar-refractivity contribution in [3.05, 3.63) is 102 Å². The van der Waals surface area contributed by atoms with E-state index in [2.05, 4.69) is 31.2 Å². The number of nitrogens with zero attached hydrogens (tertiary/aromatic N) is 5. The van der Waals surface area contributed by atoms with Crippen LogP contribution in [0.25, 0.3) is 34.2 Å². The number of hydrogen-bond acceptors (Lipinski definition) is 3. The third-order valence-corrected chi connectivity index (χ3v) is 5.16. The molecule has 0 aliphatic carbocycles. The third-order valence-electron chi connectivity index (χ3n) is 5.16. The number of aromatic nitrogens is 5. The van der Waals surface area contributed by atoms with E-state index < -0.39 is 0 Å². The summed E-state index contributed by atoms with van der Waals surface area (Å²) < 4.78 is 3.86. The van der Waals surface area contributed by atoms with Crippen LogP contribution in [0, 0.1) is 13.8 Å². The molecule has 5 heteroatoms. The fourth-order valence-electron chi connectivity index (χ4n) is 3.73. The van der Waals surface area contributed by atoms with Crippen LogP contribution in [0.3, 0.4) is 0 Å². The minimum Gasteiger partial charge on any atom is -0.237 e. The van der Waals surface area contributed by atoms with Crippen LogP contribution < -0.4 is 0 Å². The largest absolute Gasteiger partial charge is 0.237 e. The van der Waals surface area contributed by atoms with Gasteiger partial charge in [-0.2, -0.15) is 5.10 Å². The summed E-state index contributed by atoms with van der Waals surface area (Å²) in [6.45, 7) is 4.07. The van der Waals surface area contributed by atoms with Crippen molar-refractivity contribution in [1.82, 2.24) is 24.5 Å². The standard InChI is InChI=1S/C25H21N5/c1-18-23(19(2)29(27-18)21-14-8-4-9-15-21)24-26-25(20-12-6-3-7-13-20)30(28-24)22-16-10-5-11-17-22/h3-17H,1-2H3. The average molecular weight is 391 g/mol. The molecule has 5 nitrogen and oxygen atoms in total. The second-order valence-electron chi connectivity index (χ2n) is 7.17. The molecule has 2 heterocycles. The van der Waals surface area contributed by atoms with Crippen molar-refractivity contribution >= 4 is 0 Å². The zero-order valence-corrected chi connectivity index (χ0v) is 16.9. The summed E-state index contributed by atoms with van der Waals surface area (Å²) in [5, 5.41) is 9.68. The fraction of sp³-hybridized carbons (Fsp3) is 0.0800. The van der Waals surface area contributed by atoms with Crippen molar-refractivity contribution in [2.75, 3.05) is 0 Å². The van der Waals surface area contributed by atoms with Crippen LogP contribution in [-0.2, 0) is 0 Å². The van der Waals surface area contributed by atoms with Gasteiger partial charge in [0.25, 0.3) is 0 Å². The zero-order valence-electron chi connectivity index (χ0n) is 16.9. The van der Waals surface area contributed by atoms with E-state index in [1.165, 1.54) is 0 Å². The first-order valence-corrected chi connectivity index (χ1v) is 9.92.